The van der Waals surface area contributed by atoms with E-state index in [0.29, 0.717) is 0 Å². The van der Waals surface area contributed by atoms with Crippen LogP contribution in [0, 0.1) is 5.82 Å². The lowest BCUT2D eigenvalue weighted by molar-refractivity contribution is -0.151. The fourth-order valence-corrected chi connectivity index (χ4v) is 2.69. The Morgan fingerprint density at radius 2 is 2.00 bits per heavy atom. The van der Waals surface area contributed by atoms with E-state index in [4.69, 9.17) is 9.47 Å². The zero-order valence-electron chi connectivity index (χ0n) is 10.7. The van der Waals surface area contributed by atoms with Gasteiger partial charge in [-0.3, -0.25) is 4.79 Å². The summed E-state index contributed by atoms with van der Waals surface area (Å²) in [7, 11) is 0. The van der Waals surface area contributed by atoms with Crippen LogP contribution in [0.15, 0.2) is 41.3 Å². The Balaban J connectivity index is 1.97. The second-order valence-corrected chi connectivity index (χ2v) is 5.41. The van der Waals surface area contributed by atoms with Gasteiger partial charge in [-0.15, -0.1) is 0 Å². The number of ether oxygens (including phenoxy) is 2. The summed E-state index contributed by atoms with van der Waals surface area (Å²) in [6, 6.07) is 6.25. The number of halogens is 1. The number of hydrogen-bond acceptors (Lipinski definition) is 4. The molecule has 0 aromatic heterocycles. The molecule has 0 N–H and O–H groups in total. The van der Waals surface area contributed by atoms with E-state index in [1.807, 2.05) is 19.1 Å². The highest BCUT2D eigenvalue weighted by molar-refractivity contribution is 8.00. The third kappa shape index (κ3) is 4.08. The summed E-state index contributed by atoms with van der Waals surface area (Å²) < 4.78 is 23.6. The zero-order chi connectivity index (χ0) is 13.8. The van der Waals surface area contributed by atoms with Crippen LogP contribution in [0.4, 0.5) is 4.39 Å². The molecule has 1 aliphatic rings. The normalized spacial score (nSPS) is 26.2. The Morgan fingerprint density at radius 1 is 1.32 bits per heavy atom. The van der Waals surface area contributed by atoms with E-state index in [2.05, 4.69) is 0 Å². The van der Waals surface area contributed by atoms with Gasteiger partial charge in [0.1, 0.15) is 17.4 Å². The Morgan fingerprint density at radius 3 is 2.58 bits per heavy atom. The van der Waals surface area contributed by atoms with Gasteiger partial charge >= 0.3 is 5.97 Å². The first-order valence-electron chi connectivity index (χ1n) is 5.98. The van der Waals surface area contributed by atoms with Crippen LogP contribution in [0.5, 0.6) is 0 Å². The van der Waals surface area contributed by atoms with E-state index >= 15 is 0 Å². The van der Waals surface area contributed by atoms with Gasteiger partial charge in [0.25, 0.3) is 0 Å². The summed E-state index contributed by atoms with van der Waals surface area (Å²) in [6.45, 7) is 3.23. The number of esters is 1. The molecule has 0 fully saturated rings. The third-order valence-electron chi connectivity index (χ3n) is 2.64. The van der Waals surface area contributed by atoms with E-state index < -0.39 is 0 Å². The monoisotopic (exact) mass is 282 g/mol. The smallest absolute Gasteiger partial charge is 0.303 e. The number of hydrogen-bond donors (Lipinski definition) is 0. The van der Waals surface area contributed by atoms with Crippen LogP contribution in [0.25, 0.3) is 0 Å². The molecule has 0 spiro atoms. The predicted octanol–water partition coefficient (Wildman–Crippen LogP) is 3.15. The molecule has 0 aliphatic carbocycles. The van der Waals surface area contributed by atoms with Crippen LogP contribution in [0.1, 0.15) is 13.8 Å². The van der Waals surface area contributed by atoms with Gasteiger partial charge in [-0.2, -0.15) is 0 Å². The largest absolute Gasteiger partial charge is 0.456 e. The Labute approximate surface area is 115 Å². The van der Waals surface area contributed by atoms with E-state index in [0.717, 1.165) is 4.90 Å². The zero-order valence-corrected chi connectivity index (χ0v) is 11.5. The molecule has 2 rings (SSSR count). The number of carbonyl (C=O) groups is 1. The van der Waals surface area contributed by atoms with E-state index in [1.165, 1.54) is 30.8 Å². The van der Waals surface area contributed by atoms with Crippen molar-refractivity contribution in [3.8, 4) is 0 Å². The SMILES string of the molecule is CC(=O)O[C@@H]1C=CC(Sc2ccc(F)cc2)O[C@H]1C. The lowest BCUT2D eigenvalue weighted by atomic mass is 10.2. The van der Waals surface area contributed by atoms with Crippen molar-refractivity contribution in [1.29, 1.82) is 0 Å². The standard InChI is InChI=1S/C14H15FO3S/c1-9-13(18-10(2)16)7-8-14(17-9)19-12-5-3-11(15)4-6-12/h3-9,13-14H,1-2H3/t9-,13+,14?/m0/s1. The fourth-order valence-electron chi connectivity index (χ4n) is 1.73. The summed E-state index contributed by atoms with van der Waals surface area (Å²) >= 11 is 1.48. The molecule has 3 atom stereocenters. The van der Waals surface area contributed by atoms with Crippen LogP contribution < -0.4 is 0 Å². The van der Waals surface area contributed by atoms with Crippen molar-refractivity contribution >= 4 is 17.7 Å². The maximum atomic E-state index is 12.8. The second-order valence-electron chi connectivity index (χ2n) is 4.24. The molecule has 0 bridgehead atoms. The first-order chi connectivity index (χ1) is 9.04. The van der Waals surface area contributed by atoms with Crippen molar-refractivity contribution in [2.75, 3.05) is 0 Å². The molecular formula is C14H15FO3S. The maximum Gasteiger partial charge on any atom is 0.303 e. The van der Waals surface area contributed by atoms with E-state index in [1.54, 1.807) is 12.1 Å². The van der Waals surface area contributed by atoms with Crippen molar-refractivity contribution in [3.05, 3.63) is 42.2 Å². The van der Waals surface area contributed by atoms with E-state index in [-0.39, 0.29) is 29.4 Å². The van der Waals surface area contributed by atoms with Crippen LogP contribution >= 0.6 is 11.8 Å². The Bertz CT molecular complexity index is 472. The van der Waals surface area contributed by atoms with Gasteiger partial charge in [0, 0.05) is 11.8 Å². The molecule has 1 aromatic carbocycles. The van der Waals surface area contributed by atoms with Gasteiger partial charge in [0.15, 0.2) is 0 Å². The summed E-state index contributed by atoms with van der Waals surface area (Å²) in [6.07, 6.45) is 3.13. The van der Waals surface area contributed by atoms with Crippen molar-refractivity contribution in [3.63, 3.8) is 0 Å². The topological polar surface area (TPSA) is 35.5 Å². The first kappa shape index (κ1) is 14.1. The number of rotatable bonds is 3. The molecule has 3 nitrogen and oxygen atoms in total. The molecule has 1 heterocycles. The van der Waals surface area contributed by atoms with Gasteiger partial charge in [-0.25, -0.2) is 4.39 Å². The van der Waals surface area contributed by atoms with Crippen LogP contribution in [-0.4, -0.2) is 23.6 Å². The molecule has 1 unspecified atom stereocenters. The Hall–Kier alpha value is -1.33. The third-order valence-corrected chi connectivity index (χ3v) is 3.68. The summed E-state index contributed by atoms with van der Waals surface area (Å²) in [5, 5.41) is 0. The molecule has 102 valence electrons. The fraction of sp³-hybridized carbons (Fsp3) is 0.357. The molecule has 0 amide bonds. The molecule has 0 radical (unpaired) electrons. The quantitative estimate of drug-likeness (QED) is 0.630. The highest BCUT2D eigenvalue weighted by Crippen LogP contribution is 2.29. The molecule has 0 saturated heterocycles. The second kappa shape index (κ2) is 6.21. The highest BCUT2D eigenvalue weighted by atomic mass is 32.2. The highest BCUT2D eigenvalue weighted by Gasteiger charge is 2.26. The minimum atomic E-state index is -0.345. The summed E-state index contributed by atoms with van der Waals surface area (Å²) in [5.74, 6) is -0.581. The molecule has 1 aliphatic heterocycles. The van der Waals surface area contributed by atoms with Crippen LogP contribution in [-0.2, 0) is 14.3 Å². The summed E-state index contributed by atoms with van der Waals surface area (Å²) in [4.78, 5) is 11.8. The van der Waals surface area contributed by atoms with E-state index in [9.17, 15) is 9.18 Å². The molecule has 19 heavy (non-hydrogen) atoms. The minimum absolute atomic E-state index is 0.160. The van der Waals surface area contributed by atoms with Crippen LogP contribution in [0.3, 0.4) is 0 Å². The lowest BCUT2D eigenvalue weighted by Gasteiger charge is -2.29. The summed E-state index contributed by atoms with van der Waals surface area (Å²) in [5.41, 5.74) is -0.160. The van der Waals surface area contributed by atoms with Crippen LogP contribution in [0.2, 0.25) is 0 Å². The maximum absolute atomic E-state index is 12.8. The average Bonchev–Trinajstić information content (AvgIpc) is 2.35. The van der Waals surface area contributed by atoms with Crippen molar-refractivity contribution in [2.45, 2.75) is 36.4 Å². The predicted molar refractivity (Wildman–Crippen MR) is 71.3 cm³/mol. The minimum Gasteiger partial charge on any atom is -0.456 e. The van der Waals surface area contributed by atoms with Gasteiger partial charge in [-0.1, -0.05) is 11.8 Å². The van der Waals surface area contributed by atoms with Gasteiger partial charge < -0.3 is 9.47 Å². The Kier molecular flexibility index (Phi) is 4.61. The lowest BCUT2D eigenvalue weighted by Crippen LogP contribution is -2.34. The molecular weight excluding hydrogens is 267 g/mol. The number of thioether (sulfide) groups is 1. The van der Waals surface area contributed by atoms with Gasteiger partial charge in [0.05, 0.1) is 6.10 Å². The molecule has 0 saturated carbocycles. The molecule has 5 heteroatoms. The van der Waals surface area contributed by atoms with Crippen molar-refractivity contribution < 1.29 is 18.7 Å². The average molecular weight is 282 g/mol. The van der Waals surface area contributed by atoms with Crippen molar-refractivity contribution in [1.82, 2.24) is 0 Å². The molecule has 1 aromatic rings. The van der Waals surface area contributed by atoms with Gasteiger partial charge in [0.2, 0.25) is 0 Å². The number of benzene rings is 1. The van der Waals surface area contributed by atoms with Gasteiger partial charge in [-0.05, 0) is 43.3 Å². The first-order valence-corrected chi connectivity index (χ1v) is 6.86. The number of carbonyl (C=O) groups excluding carboxylic acids is 1. The van der Waals surface area contributed by atoms with Crippen molar-refractivity contribution in [2.24, 2.45) is 0 Å².